The number of rotatable bonds is 3. The molecule has 0 aromatic rings. The van der Waals surface area contributed by atoms with Crippen LogP contribution in [0.5, 0.6) is 0 Å². The molecule has 6 nitrogen and oxygen atoms in total. The van der Waals surface area contributed by atoms with E-state index in [1.807, 2.05) is 0 Å². The van der Waals surface area contributed by atoms with Crippen molar-refractivity contribution in [1.29, 1.82) is 0 Å². The Kier molecular flexibility index (Phi) is 29.4. The molecule has 0 heterocycles. The molecule has 0 atom stereocenters. The first-order valence-electron chi connectivity index (χ1n) is 3.37. The smallest absolute Gasteiger partial charge is 0.327 e. The number of carboxylic acid groups (broad SMARTS) is 3. The van der Waals surface area contributed by atoms with Gasteiger partial charge in [-0.1, -0.05) is 19.7 Å². The zero-order valence-electron chi connectivity index (χ0n) is 8.18. The molecule has 0 fully saturated rings. The molecule has 0 rings (SSSR count). The van der Waals surface area contributed by atoms with Gasteiger partial charge in [0.15, 0.2) is 0 Å². The molecule has 0 unspecified atom stereocenters. The van der Waals surface area contributed by atoms with Crippen molar-refractivity contribution in [3.63, 3.8) is 0 Å². The van der Waals surface area contributed by atoms with E-state index in [1.165, 1.54) is 0 Å². The normalized spacial score (nSPS) is 6.00. The predicted octanol–water partition coefficient (Wildman–Crippen LogP) is 0.771. The van der Waals surface area contributed by atoms with Crippen molar-refractivity contribution in [2.45, 2.75) is 0 Å². The van der Waals surface area contributed by atoms with Crippen molar-refractivity contribution in [2.24, 2.45) is 0 Å². The van der Waals surface area contributed by atoms with Crippen LogP contribution in [0.15, 0.2) is 38.0 Å². The first kappa shape index (κ1) is 24.2. The average Bonchev–Trinajstić information content (AvgIpc) is 2.19. The van der Waals surface area contributed by atoms with Crippen molar-refractivity contribution in [2.75, 3.05) is 0 Å². The van der Waals surface area contributed by atoms with E-state index in [2.05, 4.69) is 19.7 Å². The van der Waals surface area contributed by atoms with Gasteiger partial charge in [-0.15, -0.1) is 0 Å². The molecule has 0 saturated heterocycles. The first-order valence-corrected chi connectivity index (χ1v) is 3.37. The summed E-state index contributed by atoms with van der Waals surface area (Å²) in [5.74, 6) is -2.94. The Hall–Kier alpha value is -1.14. The minimum atomic E-state index is -0.981. The van der Waals surface area contributed by atoms with Gasteiger partial charge in [0, 0.05) is 55.1 Å². The summed E-state index contributed by atoms with van der Waals surface area (Å²) in [5, 5.41) is 22.8. The molecule has 0 bridgehead atoms. The molecular formula is C9H12LuO6. The molecule has 0 aliphatic carbocycles. The summed E-state index contributed by atoms with van der Waals surface area (Å²) in [6, 6.07) is 0. The van der Waals surface area contributed by atoms with E-state index in [0.717, 1.165) is 18.2 Å². The van der Waals surface area contributed by atoms with Crippen LogP contribution in [0, 0.1) is 36.9 Å². The first-order chi connectivity index (χ1) is 6.81. The zero-order valence-corrected chi connectivity index (χ0v) is 9.83. The Bertz CT molecular complexity index is 216. The van der Waals surface area contributed by atoms with Crippen molar-refractivity contribution >= 4 is 17.9 Å². The van der Waals surface area contributed by atoms with E-state index in [0.29, 0.717) is 0 Å². The predicted molar refractivity (Wildman–Crippen MR) is 53.5 cm³/mol. The standard InChI is InChI=1S/3C3H4O2.Lu/c3*1-2-3(4)5;/h3*2H,1H2,(H,4,5);. The second kappa shape index (κ2) is 19.4. The van der Waals surface area contributed by atoms with Crippen LogP contribution in [0.25, 0.3) is 0 Å². The fourth-order valence-corrected chi connectivity index (χ4v) is 0. The molecule has 99 valence electrons. The SMILES string of the molecule is C=CC(=O)O.C=CC(=O)O.C=CC(=O)O.[Lu]. The average molecular weight is 391 g/mol. The molecule has 0 amide bonds. The molecule has 3 N–H and O–H groups in total. The third-order valence-corrected chi connectivity index (χ3v) is 0.524. The van der Waals surface area contributed by atoms with Crippen LogP contribution in [0.4, 0.5) is 0 Å². The van der Waals surface area contributed by atoms with Gasteiger partial charge in [0.25, 0.3) is 0 Å². The maximum atomic E-state index is 9.25. The number of hydrogen-bond acceptors (Lipinski definition) is 3. The Morgan fingerprint density at radius 1 is 0.688 bits per heavy atom. The largest absolute Gasteiger partial charge is 0.478 e. The van der Waals surface area contributed by atoms with E-state index >= 15 is 0 Å². The molecule has 0 aliphatic rings. The van der Waals surface area contributed by atoms with Crippen LogP contribution in [0.1, 0.15) is 0 Å². The molecule has 7 heteroatoms. The summed E-state index contributed by atoms with van der Waals surface area (Å²) in [5.41, 5.74) is 0. The van der Waals surface area contributed by atoms with Crippen molar-refractivity contribution < 1.29 is 66.6 Å². The Balaban J connectivity index is -0.0000000655. The summed E-state index contributed by atoms with van der Waals surface area (Å²) >= 11 is 0. The summed E-state index contributed by atoms with van der Waals surface area (Å²) < 4.78 is 0. The Labute approximate surface area is 122 Å². The van der Waals surface area contributed by atoms with Crippen LogP contribution in [0.3, 0.4) is 0 Å². The second-order valence-electron chi connectivity index (χ2n) is 1.63. The van der Waals surface area contributed by atoms with Gasteiger partial charge in [0.05, 0.1) is 0 Å². The van der Waals surface area contributed by atoms with Crippen LogP contribution in [0.2, 0.25) is 0 Å². The molecule has 1 radical (unpaired) electrons. The van der Waals surface area contributed by atoms with E-state index < -0.39 is 17.9 Å². The maximum absolute atomic E-state index is 9.25. The van der Waals surface area contributed by atoms with Gasteiger partial charge in [-0.25, -0.2) is 14.4 Å². The second-order valence-corrected chi connectivity index (χ2v) is 1.63. The van der Waals surface area contributed by atoms with Gasteiger partial charge in [0.2, 0.25) is 0 Å². The zero-order chi connectivity index (χ0) is 12.9. The van der Waals surface area contributed by atoms with E-state index in [1.54, 1.807) is 0 Å². The monoisotopic (exact) mass is 391 g/mol. The van der Waals surface area contributed by atoms with Crippen molar-refractivity contribution in [3.05, 3.63) is 38.0 Å². The van der Waals surface area contributed by atoms with Gasteiger partial charge >= 0.3 is 17.9 Å². The fourth-order valence-electron chi connectivity index (χ4n) is 0. The third-order valence-electron chi connectivity index (χ3n) is 0.524. The van der Waals surface area contributed by atoms with Crippen LogP contribution < -0.4 is 0 Å². The van der Waals surface area contributed by atoms with E-state index in [-0.39, 0.29) is 36.9 Å². The molecular weight excluding hydrogens is 379 g/mol. The van der Waals surface area contributed by atoms with Crippen LogP contribution in [-0.2, 0) is 14.4 Å². The van der Waals surface area contributed by atoms with Gasteiger partial charge in [0.1, 0.15) is 0 Å². The molecule has 0 spiro atoms. The summed E-state index contributed by atoms with van der Waals surface area (Å²) in [6.45, 7) is 8.88. The molecule has 0 aliphatic heterocycles. The summed E-state index contributed by atoms with van der Waals surface area (Å²) in [6.07, 6.45) is 2.50. The number of carbonyl (C=O) groups is 3. The van der Waals surface area contributed by atoms with Crippen molar-refractivity contribution in [1.82, 2.24) is 0 Å². The molecule has 0 aromatic carbocycles. The van der Waals surface area contributed by atoms with Gasteiger partial charge in [-0.05, 0) is 0 Å². The number of carboxylic acids is 3. The van der Waals surface area contributed by atoms with Crippen LogP contribution >= 0.6 is 0 Å². The molecule has 0 aromatic heterocycles. The van der Waals surface area contributed by atoms with Crippen molar-refractivity contribution in [3.8, 4) is 0 Å². The van der Waals surface area contributed by atoms with E-state index in [4.69, 9.17) is 15.3 Å². The Morgan fingerprint density at radius 2 is 0.750 bits per heavy atom. The summed E-state index contributed by atoms with van der Waals surface area (Å²) in [7, 11) is 0. The number of hydrogen-bond donors (Lipinski definition) is 3. The number of aliphatic carboxylic acids is 3. The third kappa shape index (κ3) is 76.5. The quantitative estimate of drug-likeness (QED) is 0.613. The Morgan fingerprint density at radius 3 is 0.750 bits per heavy atom. The topological polar surface area (TPSA) is 112 Å². The minimum Gasteiger partial charge on any atom is -0.478 e. The minimum absolute atomic E-state index is 0. The van der Waals surface area contributed by atoms with Gasteiger partial charge in [-0.2, -0.15) is 0 Å². The molecule has 16 heavy (non-hydrogen) atoms. The van der Waals surface area contributed by atoms with Gasteiger partial charge < -0.3 is 15.3 Å². The van der Waals surface area contributed by atoms with E-state index in [9.17, 15) is 14.4 Å². The molecule has 0 saturated carbocycles. The summed E-state index contributed by atoms with van der Waals surface area (Å²) in [4.78, 5) is 27.8. The maximum Gasteiger partial charge on any atom is 0.327 e. The fraction of sp³-hybridized carbons (Fsp3) is 0. The van der Waals surface area contributed by atoms with Gasteiger partial charge in [-0.3, -0.25) is 0 Å². The van der Waals surface area contributed by atoms with Crippen LogP contribution in [-0.4, -0.2) is 33.2 Å².